The number of carbonyl (C=O) groups is 1. The fraction of sp³-hybridized carbons (Fsp3) is 0.385. The highest BCUT2D eigenvalue weighted by atomic mass is 35.5. The maximum absolute atomic E-state index is 12.8. The number of aliphatic imine (C=N–C) groups is 1. The molecular weight excluding hydrogens is 341 g/mol. The standard InChI is InChI=1S/C13H12ClF3N2O2S/c1-7-6-19(13(22-7)18-11(20)10(14)15)8-3-2-4-9(5-8)21-12(16)17/h2-5,7,10,12H,6H2,1H3. The number of nitrogens with zero attached hydrogens (tertiary/aromatic N) is 2. The minimum absolute atomic E-state index is 0.0107. The summed E-state index contributed by atoms with van der Waals surface area (Å²) in [5.74, 6) is -1.10. The third kappa shape index (κ3) is 4.30. The summed E-state index contributed by atoms with van der Waals surface area (Å²) in [6.45, 7) is -0.535. The maximum atomic E-state index is 12.8. The molecule has 0 aromatic heterocycles. The third-order valence-corrected chi connectivity index (χ3v) is 3.98. The number of hydrogen-bond donors (Lipinski definition) is 0. The smallest absolute Gasteiger partial charge is 0.387 e. The number of hydrogen-bond acceptors (Lipinski definition) is 3. The van der Waals surface area contributed by atoms with Gasteiger partial charge in [0.15, 0.2) is 5.17 Å². The van der Waals surface area contributed by atoms with Gasteiger partial charge in [0.05, 0.1) is 0 Å². The summed E-state index contributed by atoms with van der Waals surface area (Å²) in [5, 5.41) is 0.370. The second-order valence-electron chi connectivity index (χ2n) is 4.45. The van der Waals surface area contributed by atoms with Crippen LogP contribution in [-0.4, -0.2) is 35.1 Å². The van der Waals surface area contributed by atoms with Gasteiger partial charge in [0.2, 0.25) is 0 Å². The Morgan fingerprint density at radius 2 is 2.23 bits per heavy atom. The summed E-state index contributed by atoms with van der Waals surface area (Å²) in [4.78, 5) is 16.6. The number of thioether (sulfide) groups is 1. The first-order valence-corrected chi connectivity index (χ1v) is 7.58. The fourth-order valence-corrected chi connectivity index (χ4v) is 2.97. The second-order valence-corrected chi connectivity index (χ2v) is 6.24. The Morgan fingerprint density at radius 1 is 1.50 bits per heavy atom. The lowest BCUT2D eigenvalue weighted by Gasteiger charge is -2.18. The zero-order valence-electron chi connectivity index (χ0n) is 11.4. The van der Waals surface area contributed by atoms with Gasteiger partial charge in [0.1, 0.15) is 5.75 Å². The lowest BCUT2D eigenvalue weighted by Crippen LogP contribution is -2.26. The van der Waals surface area contributed by atoms with Gasteiger partial charge in [-0.25, -0.2) is 4.39 Å². The summed E-state index contributed by atoms with van der Waals surface area (Å²) in [6, 6.07) is 5.99. The van der Waals surface area contributed by atoms with Crippen LogP contribution in [0.4, 0.5) is 18.9 Å². The molecule has 22 heavy (non-hydrogen) atoms. The van der Waals surface area contributed by atoms with E-state index in [9.17, 15) is 18.0 Å². The molecule has 1 fully saturated rings. The first-order valence-electron chi connectivity index (χ1n) is 6.26. The van der Waals surface area contributed by atoms with E-state index in [1.807, 2.05) is 6.92 Å². The summed E-state index contributed by atoms with van der Waals surface area (Å²) in [6.07, 6.45) is 0. The molecule has 0 N–H and O–H groups in total. The van der Waals surface area contributed by atoms with Crippen LogP contribution in [0, 0.1) is 0 Å². The summed E-state index contributed by atoms with van der Waals surface area (Å²) in [7, 11) is 0. The fourth-order valence-electron chi connectivity index (χ4n) is 1.89. The van der Waals surface area contributed by atoms with E-state index in [4.69, 9.17) is 11.6 Å². The second kappa shape index (κ2) is 7.23. The highest BCUT2D eigenvalue weighted by Crippen LogP contribution is 2.32. The molecule has 1 amide bonds. The Hall–Kier alpha value is -1.41. The highest BCUT2D eigenvalue weighted by molar-refractivity contribution is 8.15. The van der Waals surface area contributed by atoms with Crippen LogP contribution in [-0.2, 0) is 4.79 Å². The Labute approximate surface area is 134 Å². The molecule has 0 aliphatic carbocycles. The Balaban J connectivity index is 2.27. The van der Waals surface area contributed by atoms with Gasteiger partial charge in [-0.1, -0.05) is 36.4 Å². The zero-order chi connectivity index (χ0) is 16.3. The predicted molar refractivity (Wildman–Crippen MR) is 80.7 cm³/mol. The monoisotopic (exact) mass is 352 g/mol. The van der Waals surface area contributed by atoms with Gasteiger partial charge in [0.25, 0.3) is 11.5 Å². The third-order valence-electron chi connectivity index (χ3n) is 2.72. The maximum Gasteiger partial charge on any atom is 0.387 e. The zero-order valence-corrected chi connectivity index (χ0v) is 13.0. The SMILES string of the molecule is CC1CN(c2cccc(OC(F)F)c2)C(=NC(=O)C(F)Cl)S1. The molecular formula is C13H12ClF3N2O2S. The number of halogens is 4. The lowest BCUT2D eigenvalue weighted by molar-refractivity contribution is -0.119. The van der Waals surface area contributed by atoms with Crippen molar-refractivity contribution >= 4 is 40.1 Å². The summed E-state index contributed by atoms with van der Waals surface area (Å²) in [5.41, 5.74) is -1.69. The van der Waals surface area contributed by atoms with E-state index in [1.54, 1.807) is 17.0 Å². The Kier molecular flexibility index (Phi) is 5.57. The van der Waals surface area contributed by atoms with E-state index in [2.05, 4.69) is 9.73 Å². The number of ether oxygens (including phenoxy) is 1. The van der Waals surface area contributed by atoms with Crippen LogP contribution < -0.4 is 9.64 Å². The largest absolute Gasteiger partial charge is 0.435 e. The molecule has 1 heterocycles. The number of anilines is 1. The number of benzene rings is 1. The first kappa shape index (κ1) is 17.0. The van der Waals surface area contributed by atoms with Crippen LogP contribution in [0.5, 0.6) is 5.75 Å². The van der Waals surface area contributed by atoms with E-state index in [0.29, 0.717) is 12.2 Å². The highest BCUT2D eigenvalue weighted by Gasteiger charge is 2.29. The van der Waals surface area contributed by atoms with Crippen molar-refractivity contribution in [3.63, 3.8) is 0 Å². The molecule has 1 aliphatic rings. The number of rotatable bonds is 4. The predicted octanol–water partition coefficient (Wildman–Crippen LogP) is 3.65. The van der Waals surface area contributed by atoms with Crippen molar-refractivity contribution in [2.75, 3.05) is 11.4 Å². The van der Waals surface area contributed by atoms with E-state index in [1.165, 1.54) is 23.9 Å². The molecule has 4 nitrogen and oxygen atoms in total. The first-order chi connectivity index (χ1) is 10.4. The van der Waals surface area contributed by atoms with Crippen LogP contribution in [0.3, 0.4) is 0 Å². The quantitative estimate of drug-likeness (QED) is 0.776. The van der Waals surface area contributed by atoms with Crippen molar-refractivity contribution in [2.24, 2.45) is 4.99 Å². The molecule has 2 rings (SSSR count). The van der Waals surface area contributed by atoms with Crippen LogP contribution >= 0.6 is 23.4 Å². The van der Waals surface area contributed by atoms with Gasteiger partial charge in [-0.15, -0.1) is 0 Å². The Morgan fingerprint density at radius 3 is 2.86 bits per heavy atom. The minimum Gasteiger partial charge on any atom is -0.435 e. The molecule has 0 spiro atoms. The summed E-state index contributed by atoms with van der Waals surface area (Å²) < 4.78 is 41.6. The van der Waals surface area contributed by atoms with Gasteiger partial charge in [-0.3, -0.25) is 4.79 Å². The average Bonchev–Trinajstić information content (AvgIpc) is 2.79. The molecule has 0 saturated carbocycles. The van der Waals surface area contributed by atoms with Crippen molar-refractivity contribution in [3.05, 3.63) is 24.3 Å². The van der Waals surface area contributed by atoms with Crippen molar-refractivity contribution in [3.8, 4) is 5.75 Å². The minimum atomic E-state index is -2.93. The number of alkyl halides is 4. The molecule has 1 aromatic rings. The van der Waals surface area contributed by atoms with Gasteiger partial charge < -0.3 is 9.64 Å². The van der Waals surface area contributed by atoms with Crippen molar-refractivity contribution < 1.29 is 22.7 Å². The van der Waals surface area contributed by atoms with E-state index in [0.717, 1.165) is 0 Å². The van der Waals surface area contributed by atoms with Gasteiger partial charge >= 0.3 is 6.61 Å². The molecule has 120 valence electrons. The van der Waals surface area contributed by atoms with E-state index >= 15 is 0 Å². The number of amidine groups is 1. The molecule has 2 unspecified atom stereocenters. The normalized spacial score (nSPS) is 21.5. The Bertz CT molecular complexity index is 586. The van der Waals surface area contributed by atoms with Crippen molar-refractivity contribution in [2.45, 2.75) is 24.4 Å². The van der Waals surface area contributed by atoms with Crippen LogP contribution in [0.15, 0.2) is 29.3 Å². The average molecular weight is 353 g/mol. The van der Waals surface area contributed by atoms with Crippen molar-refractivity contribution in [1.82, 2.24) is 0 Å². The number of amides is 1. The molecule has 0 bridgehead atoms. The lowest BCUT2D eigenvalue weighted by atomic mass is 10.2. The van der Waals surface area contributed by atoms with Crippen LogP contribution in [0.2, 0.25) is 0 Å². The van der Waals surface area contributed by atoms with Crippen molar-refractivity contribution in [1.29, 1.82) is 0 Å². The number of carbonyl (C=O) groups excluding carboxylic acids is 1. The molecule has 2 atom stereocenters. The van der Waals surface area contributed by atoms with Crippen LogP contribution in [0.25, 0.3) is 0 Å². The van der Waals surface area contributed by atoms with E-state index < -0.39 is 18.1 Å². The molecule has 1 saturated heterocycles. The van der Waals surface area contributed by atoms with E-state index in [-0.39, 0.29) is 16.2 Å². The molecule has 1 aliphatic heterocycles. The van der Waals surface area contributed by atoms with Gasteiger partial charge in [-0.05, 0) is 12.1 Å². The van der Waals surface area contributed by atoms with Gasteiger partial charge in [-0.2, -0.15) is 13.8 Å². The van der Waals surface area contributed by atoms with Crippen LogP contribution in [0.1, 0.15) is 6.92 Å². The summed E-state index contributed by atoms with van der Waals surface area (Å²) >= 11 is 6.34. The topological polar surface area (TPSA) is 41.9 Å². The molecule has 0 radical (unpaired) electrons. The molecule has 1 aromatic carbocycles. The molecule has 9 heteroatoms. The van der Waals surface area contributed by atoms with Gasteiger partial charge in [0, 0.05) is 23.5 Å².